The van der Waals surface area contributed by atoms with Crippen molar-refractivity contribution in [3.63, 3.8) is 0 Å². The lowest BCUT2D eigenvalue weighted by Crippen LogP contribution is -2.36. The summed E-state index contributed by atoms with van der Waals surface area (Å²) in [6, 6.07) is 11.9. The van der Waals surface area contributed by atoms with Gasteiger partial charge in [-0.2, -0.15) is 0 Å². The number of thioether (sulfide) groups is 1. The molecule has 0 spiro atoms. The quantitative estimate of drug-likeness (QED) is 0.546. The number of ether oxygens (including phenoxy) is 1. The molecule has 1 fully saturated rings. The number of hydrogen-bond acceptors (Lipinski definition) is 5. The van der Waals surface area contributed by atoms with E-state index in [1.807, 2.05) is 47.0 Å². The van der Waals surface area contributed by atoms with Gasteiger partial charge in [0.2, 0.25) is 0 Å². The molecular formula is C22H25N3O3S. The molecule has 0 radical (unpaired) electrons. The average Bonchev–Trinajstić information content (AvgIpc) is 3.47. The van der Waals surface area contributed by atoms with Crippen molar-refractivity contribution >= 4 is 17.7 Å². The summed E-state index contributed by atoms with van der Waals surface area (Å²) in [5.74, 6) is 2.66. The van der Waals surface area contributed by atoms with Crippen LogP contribution in [0.2, 0.25) is 0 Å². The molecule has 0 aliphatic carbocycles. The van der Waals surface area contributed by atoms with Crippen LogP contribution in [0.1, 0.15) is 34.7 Å². The van der Waals surface area contributed by atoms with E-state index in [0.29, 0.717) is 11.5 Å². The van der Waals surface area contributed by atoms with Crippen LogP contribution >= 0.6 is 11.8 Å². The van der Waals surface area contributed by atoms with Crippen LogP contribution in [0.3, 0.4) is 0 Å². The van der Waals surface area contributed by atoms with E-state index >= 15 is 0 Å². The van der Waals surface area contributed by atoms with E-state index in [1.165, 1.54) is 5.56 Å². The second-order valence-electron chi connectivity index (χ2n) is 7.23. The highest BCUT2D eigenvalue weighted by molar-refractivity contribution is 7.98. The largest absolute Gasteiger partial charge is 0.497 e. The molecule has 3 aromatic rings. The summed E-state index contributed by atoms with van der Waals surface area (Å²) in [6.45, 7) is 0.769. The Labute approximate surface area is 174 Å². The van der Waals surface area contributed by atoms with Gasteiger partial charge in [0.1, 0.15) is 11.5 Å². The highest BCUT2D eigenvalue weighted by Gasteiger charge is 2.31. The number of benzene rings is 1. The zero-order valence-electron chi connectivity index (χ0n) is 16.7. The third kappa shape index (κ3) is 4.50. The molecule has 152 valence electrons. The fourth-order valence-corrected chi connectivity index (χ4v) is 4.55. The van der Waals surface area contributed by atoms with Gasteiger partial charge in [0.15, 0.2) is 10.9 Å². The van der Waals surface area contributed by atoms with Crippen molar-refractivity contribution in [3.8, 4) is 5.75 Å². The fourth-order valence-electron chi connectivity index (χ4n) is 3.73. The number of carbonyl (C=O) groups is 1. The molecule has 6 nitrogen and oxygen atoms in total. The number of aromatic nitrogens is 2. The normalized spacial score (nSPS) is 16.3. The highest BCUT2D eigenvalue weighted by atomic mass is 32.2. The first-order valence-corrected chi connectivity index (χ1v) is 10.8. The van der Waals surface area contributed by atoms with Gasteiger partial charge in [-0.3, -0.25) is 4.79 Å². The van der Waals surface area contributed by atoms with Crippen LogP contribution in [0.25, 0.3) is 0 Å². The molecule has 1 aromatic carbocycles. The van der Waals surface area contributed by atoms with E-state index in [9.17, 15) is 4.79 Å². The number of amides is 1. The topological polar surface area (TPSA) is 60.5 Å². The Kier molecular flexibility index (Phi) is 5.94. The molecule has 4 rings (SSSR count). The standard InChI is InChI=1S/C22H25N3O3S/c1-24-12-10-23-22(24)29-15-19-8-9-20(28-19)21(26)25-11-4-6-17(25)13-16-5-3-7-18(14-16)27-2/h3,5,7-10,12,14,17H,4,6,11,13,15H2,1-2H3. The minimum Gasteiger partial charge on any atom is -0.497 e. The van der Waals surface area contributed by atoms with Gasteiger partial charge in [0.25, 0.3) is 5.91 Å². The van der Waals surface area contributed by atoms with Gasteiger partial charge in [-0.15, -0.1) is 0 Å². The molecule has 0 saturated carbocycles. The van der Waals surface area contributed by atoms with Crippen LogP contribution in [0.5, 0.6) is 5.75 Å². The van der Waals surface area contributed by atoms with E-state index in [4.69, 9.17) is 9.15 Å². The summed E-state index contributed by atoms with van der Waals surface area (Å²) >= 11 is 1.59. The second-order valence-corrected chi connectivity index (χ2v) is 8.17. The molecule has 1 atom stereocenters. The van der Waals surface area contributed by atoms with Gasteiger partial charge >= 0.3 is 0 Å². The van der Waals surface area contributed by atoms with Crippen molar-refractivity contribution in [1.82, 2.24) is 14.5 Å². The predicted octanol–water partition coefficient (Wildman–Crippen LogP) is 4.16. The van der Waals surface area contributed by atoms with E-state index < -0.39 is 0 Å². The fraction of sp³-hybridized carbons (Fsp3) is 0.364. The minimum atomic E-state index is -0.0244. The molecule has 1 unspecified atom stereocenters. The first-order chi connectivity index (χ1) is 14.1. The number of methoxy groups -OCH3 is 1. The van der Waals surface area contributed by atoms with E-state index in [-0.39, 0.29) is 11.9 Å². The molecule has 7 heteroatoms. The molecular weight excluding hydrogens is 386 g/mol. The molecule has 1 amide bonds. The van der Waals surface area contributed by atoms with Crippen molar-refractivity contribution in [2.24, 2.45) is 7.05 Å². The van der Waals surface area contributed by atoms with E-state index in [1.54, 1.807) is 31.1 Å². The van der Waals surface area contributed by atoms with Crippen LogP contribution < -0.4 is 4.74 Å². The van der Waals surface area contributed by atoms with Gasteiger partial charge in [-0.05, 0) is 49.1 Å². The van der Waals surface area contributed by atoms with Crippen LogP contribution in [-0.4, -0.2) is 40.1 Å². The molecule has 2 aromatic heterocycles. The van der Waals surface area contributed by atoms with Crippen LogP contribution in [0.15, 0.2) is 58.4 Å². The molecule has 0 N–H and O–H groups in total. The van der Waals surface area contributed by atoms with E-state index in [0.717, 1.165) is 42.5 Å². The lowest BCUT2D eigenvalue weighted by molar-refractivity contribution is 0.0702. The van der Waals surface area contributed by atoms with Crippen molar-refractivity contribution in [2.45, 2.75) is 36.2 Å². The third-order valence-corrected chi connectivity index (χ3v) is 6.32. The van der Waals surface area contributed by atoms with E-state index in [2.05, 4.69) is 11.1 Å². The number of imidazole rings is 1. The maximum atomic E-state index is 13.1. The smallest absolute Gasteiger partial charge is 0.289 e. The molecule has 1 saturated heterocycles. The summed E-state index contributed by atoms with van der Waals surface area (Å²) in [5, 5.41) is 0.923. The van der Waals surface area contributed by atoms with Gasteiger partial charge in [-0.1, -0.05) is 23.9 Å². The lowest BCUT2D eigenvalue weighted by Gasteiger charge is -2.24. The van der Waals surface area contributed by atoms with Crippen LogP contribution in [0, 0.1) is 0 Å². The summed E-state index contributed by atoms with van der Waals surface area (Å²) in [6.07, 6.45) is 6.53. The third-order valence-electron chi connectivity index (χ3n) is 5.24. The summed E-state index contributed by atoms with van der Waals surface area (Å²) in [5.41, 5.74) is 1.18. The Morgan fingerprint density at radius 3 is 3.03 bits per heavy atom. The monoisotopic (exact) mass is 411 g/mol. The Balaban J connectivity index is 1.40. The summed E-state index contributed by atoms with van der Waals surface area (Å²) in [7, 11) is 3.63. The number of nitrogens with zero attached hydrogens (tertiary/aromatic N) is 3. The Morgan fingerprint density at radius 2 is 2.24 bits per heavy atom. The van der Waals surface area contributed by atoms with Crippen LogP contribution in [0.4, 0.5) is 0 Å². The van der Waals surface area contributed by atoms with Gasteiger partial charge < -0.3 is 18.6 Å². The van der Waals surface area contributed by atoms with Crippen molar-refractivity contribution in [2.75, 3.05) is 13.7 Å². The predicted molar refractivity (Wildman–Crippen MR) is 112 cm³/mol. The van der Waals surface area contributed by atoms with Gasteiger partial charge in [0, 0.05) is 32.0 Å². The Hall–Kier alpha value is -2.67. The summed E-state index contributed by atoms with van der Waals surface area (Å²) in [4.78, 5) is 19.3. The zero-order valence-corrected chi connectivity index (χ0v) is 17.5. The van der Waals surface area contributed by atoms with Crippen molar-refractivity contribution < 1.29 is 13.9 Å². The number of rotatable bonds is 7. The number of carbonyl (C=O) groups excluding carboxylic acids is 1. The first kappa shape index (κ1) is 19.6. The van der Waals surface area contributed by atoms with Crippen LogP contribution in [-0.2, 0) is 19.2 Å². The Morgan fingerprint density at radius 1 is 1.34 bits per heavy atom. The highest BCUT2D eigenvalue weighted by Crippen LogP contribution is 2.27. The maximum Gasteiger partial charge on any atom is 0.289 e. The number of likely N-dealkylation sites (tertiary alicyclic amines) is 1. The van der Waals surface area contributed by atoms with Crippen molar-refractivity contribution in [3.05, 3.63) is 65.9 Å². The first-order valence-electron chi connectivity index (χ1n) is 9.77. The molecule has 3 heterocycles. The van der Waals surface area contributed by atoms with Gasteiger partial charge in [-0.25, -0.2) is 4.98 Å². The molecule has 29 heavy (non-hydrogen) atoms. The molecule has 1 aliphatic rings. The number of hydrogen-bond donors (Lipinski definition) is 0. The lowest BCUT2D eigenvalue weighted by atomic mass is 10.0. The second kappa shape index (κ2) is 8.78. The summed E-state index contributed by atoms with van der Waals surface area (Å²) < 4.78 is 13.1. The minimum absolute atomic E-state index is 0.0244. The average molecular weight is 412 g/mol. The number of aryl methyl sites for hydroxylation is 1. The Bertz CT molecular complexity index is 981. The van der Waals surface area contributed by atoms with Gasteiger partial charge in [0.05, 0.1) is 12.9 Å². The molecule has 1 aliphatic heterocycles. The SMILES string of the molecule is COc1cccc(CC2CCCN2C(=O)c2ccc(CSc3nccn3C)o2)c1. The maximum absolute atomic E-state index is 13.1. The van der Waals surface area contributed by atoms with Crippen molar-refractivity contribution in [1.29, 1.82) is 0 Å². The number of furan rings is 1. The molecule has 0 bridgehead atoms. The zero-order chi connectivity index (χ0) is 20.2.